The number of aryl methyl sites for hydroxylation is 1. The van der Waals surface area contributed by atoms with Gasteiger partial charge in [-0.2, -0.15) is 0 Å². The minimum Gasteiger partial charge on any atom is -0.379 e. The number of amides is 1. The summed E-state index contributed by atoms with van der Waals surface area (Å²) in [6, 6.07) is 14.7. The minimum atomic E-state index is -0.253. The standard InChI is InChI=1S/C23H26FN3O2/c24-19-8-5-17(6-9-19)22(27-11-13-29-14-12-27)16-26-23(28)10-7-18-15-25-21-4-2-1-3-20(18)21/h1-6,8-9,15,22,25H,7,10-14,16H2,(H,26,28)/t22-/m0/s1. The summed E-state index contributed by atoms with van der Waals surface area (Å²) in [6.07, 6.45) is 3.10. The number of nitrogens with one attached hydrogen (secondary N) is 2. The average molecular weight is 395 g/mol. The molecular weight excluding hydrogens is 369 g/mol. The topological polar surface area (TPSA) is 57.4 Å². The first-order valence-corrected chi connectivity index (χ1v) is 10.1. The Balaban J connectivity index is 1.37. The molecule has 1 atom stereocenters. The highest BCUT2D eigenvalue weighted by Gasteiger charge is 2.23. The molecule has 0 spiro atoms. The highest BCUT2D eigenvalue weighted by molar-refractivity contribution is 5.84. The molecular formula is C23H26FN3O2. The SMILES string of the molecule is O=C(CCc1c[nH]c2ccccc12)NC[C@@H](c1ccc(F)cc1)N1CCOCC1. The quantitative estimate of drug-likeness (QED) is 0.644. The summed E-state index contributed by atoms with van der Waals surface area (Å²) in [5.41, 5.74) is 3.25. The van der Waals surface area contributed by atoms with Crippen molar-refractivity contribution in [3.05, 3.63) is 71.7 Å². The van der Waals surface area contributed by atoms with Gasteiger partial charge in [0.25, 0.3) is 0 Å². The van der Waals surface area contributed by atoms with Crippen LogP contribution in [0.15, 0.2) is 54.7 Å². The molecule has 0 unspecified atom stereocenters. The molecule has 0 aliphatic carbocycles. The van der Waals surface area contributed by atoms with E-state index in [1.54, 1.807) is 12.1 Å². The maximum Gasteiger partial charge on any atom is 0.220 e. The van der Waals surface area contributed by atoms with Gasteiger partial charge in [-0.15, -0.1) is 0 Å². The predicted octanol–water partition coefficient (Wildman–Crippen LogP) is 3.43. The number of nitrogens with zero attached hydrogens (tertiary/aromatic N) is 1. The zero-order valence-electron chi connectivity index (χ0n) is 16.4. The number of H-pyrrole nitrogens is 1. The van der Waals surface area contributed by atoms with Crippen molar-refractivity contribution in [2.75, 3.05) is 32.8 Å². The lowest BCUT2D eigenvalue weighted by Crippen LogP contribution is -2.43. The normalized spacial score (nSPS) is 16.0. The molecule has 2 N–H and O–H groups in total. The number of halogens is 1. The van der Waals surface area contributed by atoms with Crippen LogP contribution in [0.3, 0.4) is 0 Å². The smallest absolute Gasteiger partial charge is 0.220 e. The van der Waals surface area contributed by atoms with E-state index in [1.165, 1.54) is 12.1 Å². The third-order valence-electron chi connectivity index (χ3n) is 5.53. The van der Waals surface area contributed by atoms with E-state index in [1.807, 2.05) is 24.4 Å². The lowest BCUT2D eigenvalue weighted by molar-refractivity contribution is -0.121. The number of benzene rings is 2. The largest absolute Gasteiger partial charge is 0.379 e. The van der Waals surface area contributed by atoms with Gasteiger partial charge in [-0.05, 0) is 35.7 Å². The van der Waals surface area contributed by atoms with Crippen LogP contribution in [-0.4, -0.2) is 48.6 Å². The van der Waals surface area contributed by atoms with Gasteiger partial charge < -0.3 is 15.0 Å². The number of carbonyl (C=O) groups is 1. The first kappa shape index (κ1) is 19.6. The highest BCUT2D eigenvalue weighted by atomic mass is 19.1. The fraction of sp³-hybridized carbons (Fsp3) is 0.348. The Bertz CT molecular complexity index is 948. The molecule has 2 heterocycles. The summed E-state index contributed by atoms with van der Waals surface area (Å²) in [5.74, 6) is -0.229. The maximum absolute atomic E-state index is 13.3. The molecule has 4 rings (SSSR count). The Morgan fingerprint density at radius 3 is 2.69 bits per heavy atom. The first-order chi connectivity index (χ1) is 14.2. The third-order valence-corrected chi connectivity index (χ3v) is 5.53. The van der Waals surface area contributed by atoms with E-state index >= 15 is 0 Å². The first-order valence-electron chi connectivity index (χ1n) is 10.1. The molecule has 0 radical (unpaired) electrons. The molecule has 6 heteroatoms. The van der Waals surface area contributed by atoms with Crippen molar-refractivity contribution in [3.8, 4) is 0 Å². The second-order valence-electron chi connectivity index (χ2n) is 7.38. The molecule has 1 aliphatic heterocycles. The van der Waals surface area contributed by atoms with Crippen LogP contribution in [0.1, 0.15) is 23.6 Å². The fourth-order valence-electron chi connectivity index (χ4n) is 3.92. The van der Waals surface area contributed by atoms with Crippen molar-refractivity contribution in [2.24, 2.45) is 0 Å². The summed E-state index contributed by atoms with van der Waals surface area (Å²) in [5, 5.41) is 4.24. The van der Waals surface area contributed by atoms with Crippen molar-refractivity contribution >= 4 is 16.8 Å². The number of para-hydroxylation sites is 1. The lowest BCUT2D eigenvalue weighted by Gasteiger charge is -2.35. The predicted molar refractivity (Wildman–Crippen MR) is 111 cm³/mol. The van der Waals surface area contributed by atoms with Crippen molar-refractivity contribution in [2.45, 2.75) is 18.9 Å². The molecule has 2 aromatic carbocycles. The van der Waals surface area contributed by atoms with Gasteiger partial charge in [-0.25, -0.2) is 4.39 Å². The van der Waals surface area contributed by atoms with Crippen LogP contribution in [0.4, 0.5) is 4.39 Å². The number of hydrogen-bond donors (Lipinski definition) is 2. The van der Waals surface area contributed by atoms with E-state index in [4.69, 9.17) is 4.74 Å². The molecule has 29 heavy (non-hydrogen) atoms. The molecule has 1 aliphatic rings. The zero-order chi connectivity index (χ0) is 20.1. The van der Waals surface area contributed by atoms with E-state index in [9.17, 15) is 9.18 Å². The highest BCUT2D eigenvalue weighted by Crippen LogP contribution is 2.22. The van der Waals surface area contributed by atoms with Crippen LogP contribution in [0.5, 0.6) is 0 Å². The van der Waals surface area contributed by atoms with Crippen LogP contribution in [0.2, 0.25) is 0 Å². The Hall–Kier alpha value is -2.70. The van der Waals surface area contributed by atoms with Crippen LogP contribution < -0.4 is 5.32 Å². The van der Waals surface area contributed by atoms with Gasteiger partial charge in [0.1, 0.15) is 5.82 Å². The van der Waals surface area contributed by atoms with Gasteiger partial charge in [0.05, 0.1) is 19.3 Å². The number of carbonyl (C=O) groups excluding carboxylic acids is 1. The molecule has 1 saturated heterocycles. The van der Waals surface area contributed by atoms with Crippen LogP contribution in [-0.2, 0) is 16.0 Å². The van der Waals surface area contributed by atoms with Gasteiger partial charge in [0, 0.05) is 43.2 Å². The van der Waals surface area contributed by atoms with Crippen LogP contribution in [0, 0.1) is 5.82 Å². The third kappa shape index (κ3) is 4.83. The Morgan fingerprint density at radius 2 is 1.90 bits per heavy atom. The molecule has 152 valence electrons. The molecule has 5 nitrogen and oxygen atoms in total. The average Bonchev–Trinajstić information content (AvgIpc) is 3.17. The van der Waals surface area contributed by atoms with Crippen molar-refractivity contribution in [3.63, 3.8) is 0 Å². The van der Waals surface area contributed by atoms with E-state index in [-0.39, 0.29) is 17.8 Å². The zero-order valence-corrected chi connectivity index (χ0v) is 16.4. The van der Waals surface area contributed by atoms with Crippen LogP contribution in [0.25, 0.3) is 10.9 Å². The summed E-state index contributed by atoms with van der Waals surface area (Å²) in [7, 11) is 0. The Kier molecular flexibility index (Phi) is 6.22. The van der Waals surface area contributed by atoms with Crippen molar-refractivity contribution in [1.82, 2.24) is 15.2 Å². The number of ether oxygens (including phenoxy) is 1. The molecule has 1 fully saturated rings. The second-order valence-corrected chi connectivity index (χ2v) is 7.38. The number of fused-ring (bicyclic) bond motifs is 1. The van der Waals surface area contributed by atoms with Gasteiger partial charge in [0.15, 0.2) is 0 Å². The number of hydrogen-bond acceptors (Lipinski definition) is 3. The van der Waals surface area contributed by atoms with Gasteiger partial charge in [-0.1, -0.05) is 30.3 Å². The fourth-order valence-corrected chi connectivity index (χ4v) is 3.92. The van der Waals surface area contributed by atoms with E-state index in [0.717, 1.165) is 35.1 Å². The van der Waals surface area contributed by atoms with Gasteiger partial charge in [-0.3, -0.25) is 9.69 Å². The molecule has 1 aromatic heterocycles. The molecule has 0 saturated carbocycles. The van der Waals surface area contributed by atoms with E-state index in [2.05, 4.69) is 21.3 Å². The molecule has 1 amide bonds. The molecule has 0 bridgehead atoms. The summed E-state index contributed by atoms with van der Waals surface area (Å²) in [6.45, 7) is 3.44. The summed E-state index contributed by atoms with van der Waals surface area (Å²) in [4.78, 5) is 18.1. The second kappa shape index (κ2) is 9.20. The number of morpholine rings is 1. The lowest BCUT2D eigenvalue weighted by atomic mass is 10.0. The Morgan fingerprint density at radius 1 is 1.14 bits per heavy atom. The maximum atomic E-state index is 13.3. The van der Waals surface area contributed by atoms with E-state index in [0.29, 0.717) is 32.6 Å². The van der Waals surface area contributed by atoms with Crippen molar-refractivity contribution in [1.29, 1.82) is 0 Å². The van der Waals surface area contributed by atoms with E-state index < -0.39 is 0 Å². The minimum absolute atomic E-state index is 0.0107. The van der Waals surface area contributed by atoms with Crippen molar-refractivity contribution < 1.29 is 13.9 Å². The number of aromatic amines is 1. The van der Waals surface area contributed by atoms with Crippen LogP contribution >= 0.6 is 0 Å². The monoisotopic (exact) mass is 395 g/mol. The molecule has 3 aromatic rings. The Labute approximate surface area is 169 Å². The van der Waals surface area contributed by atoms with Gasteiger partial charge in [0.2, 0.25) is 5.91 Å². The number of rotatable bonds is 7. The van der Waals surface area contributed by atoms with Gasteiger partial charge >= 0.3 is 0 Å². The number of aromatic nitrogens is 1. The summed E-state index contributed by atoms with van der Waals surface area (Å²) >= 11 is 0. The summed E-state index contributed by atoms with van der Waals surface area (Å²) < 4.78 is 18.8.